The van der Waals surface area contributed by atoms with Crippen LogP contribution in [0.25, 0.3) is 0 Å². The molecular formula is C15H14F4N2O4. The number of imide groups is 1. The number of hydrogen-bond donors (Lipinski definition) is 4. The first kappa shape index (κ1) is 20.6. The van der Waals surface area contributed by atoms with Crippen LogP contribution in [-0.2, 0) is 15.4 Å². The minimum Gasteiger partial charge on any atom is -0.357 e. The number of rotatable bonds is 6. The fraction of sp³-hybridized carbons (Fsp3) is 0.333. The van der Waals surface area contributed by atoms with Gasteiger partial charge < -0.3 is 10.2 Å². The predicted molar refractivity (Wildman–Crippen MR) is 77.4 cm³/mol. The van der Waals surface area contributed by atoms with Crippen LogP contribution in [0, 0.1) is 17.7 Å². The van der Waals surface area contributed by atoms with Crippen molar-refractivity contribution < 1.29 is 37.4 Å². The van der Waals surface area contributed by atoms with Crippen LogP contribution in [0.2, 0.25) is 0 Å². The Kier molecular flexibility index (Phi) is 6.63. The number of alkyl halides is 3. The summed E-state index contributed by atoms with van der Waals surface area (Å²) in [6.45, 7) is -2.43. The fourth-order valence-electron chi connectivity index (χ4n) is 1.73. The third-order valence-electron chi connectivity index (χ3n) is 3.13. The van der Waals surface area contributed by atoms with E-state index in [-0.39, 0.29) is 12.0 Å². The van der Waals surface area contributed by atoms with Crippen molar-refractivity contribution in [3.05, 3.63) is 35.1 Å². The van der Waals surface area contributed by atoms with Crippen molar-refractivity contribution in [3.63, 3.8) is 0 Å². The highest BCUT2D eigenvalue weighted by Gasteiger charge is 2.54. The zero-order valence-electron chi connectivity index (χ0n) is 12.8. The molecule has 0 heterocycles. The average molecular weight is 362 g/mol. The van der Waals surface area contributed by atoms with Gasteiger partial charge in [0.25, 0.3) is 11.7 Å². The van der Waals surface area contributed by atoms with Gasteiger partial charge in [-0.15, -0.1) is 0 Å². The molecule has 1 rings (SSSR count). The summed E-state index contributed by atoms with van der Waals surface area (Å²) in [6, 6.07) is 1.10. The maximum absolute atomic E-state index is 13.7. The van der Waals surface area contributed by atoms with Crippen LogP contribution in [0.5, 0.6) is 0 Å². The van der Waals surface area contributed by atoms with Gasteiger partial charge in [-0.3, -0.25) is 20.2 Å². The zero-order valence-corrected chi connectivity index (χ0v) is 12.8. The van der Waals surface area contributed by atoms with Crippen LogP contribution < -0.4 is 10.6 Å². The predicted octanol–water partition coefficient (Wildman–Crippen LogP) is -0.220. The Morgan fingerprint density at radius 3 is 2.56 bits per heavy atom. The highest BCUT2D eigenvalue weighted by Crippen LogP contribution is 2.37. The topological polar surface area (TPSA) is 98.7 Å². The van der Waals surface area contributed by atoms with E-state index in [1.807, 2.05) is 5.32 Å². The molecule has 0 bridgehead atoms. The lowest BCUT2D eigenvalue weighted by Crippen LogP contribution is -2.47. The zero-order chi connectivity index (χ0) is 19.3. The van der Waals surface area contributed by atoms with Gasteiger partial charge in [0.2, 0.25) is 6.41 Å². The number of amides is 2. The maximum atomic E-state index is 13.7. The lowest BCUT2D eigenvalue weighted by Gasteiger charge is -2.29. The molecule has 0 saturated carbocycles. The summed E-state index contributed by atoms with van der Waals surface area (Å²) in [4.78, 5) is 21.7. The molecule has 6 nitrogen and oxygen atoms in total. The van der Waals surface area contributed by atoms with E-state index in [2.05, 4.69) is 17.2 Å². The summed E-state index contributed by atoms with van der Waals surface area (Å²) in [6.07, 6.45) is 0.134. The van der Waals surface area contributed by atoms with E-state index >= 15 is 0 Å². The number of carbonyl (C=O) groups is 2. The Morgan fingerprint density at radius 1 is 1.40 bits per heavy atom. The molecular weight excluding hydrogens is 348 g/mol. The summed E-state index contributed by atoms with van der Waals surface area (Å²) in [5, 5.41) is 23.2. The van der Waals surface area contributed by atoms with Crippen LogP contribution in [0.1, 0.15) is 11.1 Å². The molecule has 4 N–H and O–H groups in total. The van der Waals surface area contributed by atoms with Crippen molar-refractivity contribution in [1.29, 1.82) is 0 Å². The smallest absolute Gasteiger partial charge is 0.332 e. The SMILES string of the molecule is CNC(C#Cc1ccc(F)c(C(O)(O)C(F)(F)CF)c1)C(=O)NC=O. The van der Waals surface area contributed by atoms with Gasteiger partial charge >= 0.3 is 5.92 Å². The van der Waals surface area contributed by atoms with Gasteiger partial charge in [-0.2, -0.15) is 8.78 Å². The van der Waals surface area contributed by atoms with Gasteiger partial charge in [0.1, 0.15) is 11.9 Å². The molecule has 1 aromatic carbocycles. The summed E-state index contributed by atoms with van der Waals surface area (Å²) in [5.74, 6) is -6.29. The first-order chi connectivity index (χ1) is 11.6. The molecule has 0 aliphatic rings. The second-order valence-corrected chi connectivity index (χ2v) is 4.82. The second kappa shape index (κ2) is 8.06. The molecule has 0 aromatic heterocycles. The Balaban J connectivity index is 3.25. The van der Waals surface area contributed by atoms with E-state index in [0.717, 1.165) is 6.07 Å². The number of benzene rings is 1. The summed E-state index contributed by atoms with van der Waals surface area (Å²) < 4.78 is 52.7. The van der Waals surface area contributed by atoms with E-state index < -0.39 is 41.7 Å². The second-order valence-electron chi connectivity index (χ2n) is 4.82. The van der Waals surface area contributed by atoms with Gasteiger partial charge in [0.05, 0.1) is 5.56 Å². The van der Waals surface area contributed by atoms with Gasteiger partial charge in [0, 0.05) is 5.56 Å². The summed E-state index contributed by atoms with van der Waals surface area (Å²) in [5.41, 5.74) is -1.43. The quantitative estimate of drug-likeness (QED) is 0.243. The molecule has 136 valence electrons. The molecule has 0 fully saturated rings. The third-order valence-corrected chi connectivity index (χ3v) is 3.13. The summed E-state index contributed by atoms with van der Waals surface area (Å²) in [7, 11) is 1.36. The minimum absolute atomic E-state index is 0.134. The number of nitrogens with one attached hydrogen (secondary N) is 2. The van der Waals surface area contributed by atoms with Crippen LogP contribution in [0.15, 0.2) is 18.2 Å². The molecule has 25 heavy (non-hydrogen) atoms. The van der Waals surface area contributed by atoms with Gasteiger partial charge in [-0.05, 0) is 25.2 Å². The highest BCUT2D eigenvalue weighted by molar-refractivity contribution is 5.92. The first-order valence-corrected chi connectivity index (χ1v) is 6.72. The molecule has 0 saturated heterocycles. The van der Waals surface area contributed by atoms with Crippen LogP contribution >= 0.6 is 0 Å². The number of hydrogen-bond acceptors (Lipinski definition) is 5. The molecule has 1 unspecified atom stereocenters. The molecule has 0 aliphatic carbocycles. The molecule has 0 aliphatic heterocycles. The Bertz CT molecular complexity index is 713. The molecule has 1 atom stereocenters. The number of halogens is 4. The Hall–Kier alpha value is -2.48. The van der Waals surface area contributed by atoms with Crippen molar-refractivity contribution in [2.75, 3.05) is 13.7 Å². The van der Waals surface area contributed by atoms with Crippen molar-refractivity contribution in [1.82, 2.24) is 10.6 Å². The van der Waals surface area contributed by atoms with Crippen LogP contribution in [0.4, 0.5) is 17.6 Å². The van der Waals surface area contributed by atoms with Crippen LogP contribution in [0.3, 0.4) is 0 Å². The monoisotopic (exact) mass is 362 g/mol. The fourth-order valence-corrected chi connectivity index (χ4v) is 1.73. The maximum Gasteiger partial charge on any atom is 0.332 e. The van der Waals surface area contributed by atoms with E-state index in [4.69, 9.17) is 0 Å². The van der Waals surface area contributed by atoms with Crippen molar-refractivity contribution in [2.24, 2.45) is 0 Å². The molecule has 0 spiro atoms. The van der Waals surface area contributed by atoms with Gasteiger partial charge in [0.15, 0.2) is 6.67 Å². The summed E-state index contributed by atoms with van der Waals surface area (Å²) >= 11 is 0. The normalized spacial score (nSPS) is 12.8. The minimum atomic E-state index is -4.66. The Labute approximate surface area is 139 Å². The lowest BCUT2D eigenvalue weighted by molar-refractivity contribution is -0.310. The van der Waals surface area contributed by atoms with Crippen LogP contribution in [-0.4, -0.2) is 48.2 Å². The Morgan fingerprint density at radius 2 is 2.04 bits per heavy atom. The molecule has 0 radical (unpaired) electrons. The molecule has 10 heteroatoms. The largest absolute Gasteiger partial charge is 0.357 e. The van der Waals surface area contributed by atoms with Crippen molar-refractivity contribution >= 4 is 12.3 Å². The average Bonchev–Trinajstić information content (AvgIpc) is 2.56. The lowest BCUT2D eigenvalue weighted by atomic mass is 9.97. The van der Waals surface area contributed by atoms with E-state index in [1.165, 1.54) is 7.05 Å². The molecule has 1 aromatic rings. The van der Waals surface area contributed by atoms with Gasteiger partial charge in [-0.25, -0.2) is 8.78 Å². The number of carbonyl (C=O) groups excluding carboxylic acids is 2. The standard InChI is InChI=1S/C15H14F4N2O4/c1-20-12(13(23)21-8-22)5-3-9-2-4-11(17)10(6-9)15(24,25)14(18,19)7-16/h2,4,6,8,12,20,24-25H,7H2,1H3,(H,21,22,23). The number of aliphatic hydroxyl groups is 2. The van der Waals surface area contributed by atoms with Crippen molar-refractivity contribution in [2.45, 2.75) is 17.8 Å². The molecule has 2 amide bonds. The first-order valence-electron chi connectivity index (χ1n) is 6.72. The van der Waals surface area contributed by atoms with E-state index in [9.17, 15) is 37.4 Å². The van der Waals surface area contributed by atoms with Crippen molar-refractivity contribution in [3.8, 4) is 11.8 Å². The van der Waals surface area contributed by atoms with E-state index in [0.29, 0.717) is 12.1 Å². The van der Waals surface area contributed by atoms with E-state index in [1.54, 1.807) is 0 Å². The number of likely N-dealkylation sites (N-methyl/N-ethyl adjacent to an activating group) is 1. The highest BCUT2D eigenvalue weighted by atomic mass is 19.3. The van der Waals surface area contributed by atoms with Gasteiger partial charge in [-0.1, -0.05) is 11.8 Å². The third kappa shape index (κ3) is 4.54.